The van der Waals surface area contributed by atoms with Crippen LogP contribution in [0.1, 0.15) is 20.8 Å². The molecule has 0 amide bonds. The highest BCUT2D eigenvalue weighted by atomic mass is 16.5. The van der Waals surface area contributed by atoms with Crippen LogP contribution in [0.3, 0.4) is 0 Å². The van der Waals surface area contributed by atoms with Gasteiger partial charge in [-0.15, -0.1) is 0 Å². The van der Waals surface area contributed by atoms with Crippen LogP contribution in [0, 0.1) is 5.41 Å². The van der Waals surface area contributed by atoms with E-state index in [1.165, 1.54) is 0 Å². The van der Waals surface area contributed by atoms with Crippen LogP contribution in [0.5, 0.6) is 11.5 Å². The topological polar surface area (TPSA) is 38.7 Å². The van der Waals surface area contributed by atoms with Gasteiger partial charge < -0.3 is 14.6 Å². The van der Waals surface area contributed by atoms with Crippen molar-refractivity contribution in [2.75, 3.05) is 13.7 Å². The average molecular weight is 224 g/mol. The summed E-state index contributed by atoms with van der Waals surface area (Å²) in [6.45, 7) is 6.08. The fraction of sp³-hybridized carbons (Fsp3) is 0.538. The Morgan fingerprint density at radius 3 is 2.19 bits per heavy atom. The van der Waals surface area contributed by atoms with Crippen molar-refractivity contribution in [3.63, 3.8) is 0 Å². The summed E-state index contributed by atoms with van der Waals surface area (Å²) >= 11 is 0. The van der Waals surface area contributed by atoms with E-state index in [1.807, 2.05) is 45.0 Å². The molecule has 1 N–H and O–H groups in total. The molecule has 1 aromatic rings. The van der Waals surface area contributed by atoms with Crippen molar-refractivity contribution in [2.24, 2.45) is 5.41 Å². The van der Waals surface area contributed by atoms with E-state index >= 15 is 0 Å². The Kier molecular flexibility index (Phi) is 4.19. The van der Waals surface area contributed by atoms with Crippen molar-refractivity contribution >= 4 is 0 Å². The fourth-order valence-corrected chi connectivity index (χ4v) is 1.36. The first-order chi connectivity index (χ1) is 7.49. The van der Waals surface area contributed by atoms with Crippen LogP contribution in [0.4, 0.5) is 0 Å². The van der Waals surface area contributed by atoms with Gasteiger partial charge in [-0.05, 0) is 12.1 Å². The summed E-state index contributed by atoms with van der Waals surface area (Å²) in [6, 6.07) is 7.45. The molecular weight excluding hydrogens is 204 g/mol. The normalized spacial score (nSPS) is 13.3. The Labute approximate surface area is 97.0 Å². The number of hydrogen-bond acceptors (Lipinski definition) is 3. The third kappa shape index (κ3) is 3.14. The van der Waals surface area contributed by atoms with Crippen LogP contribution in [-0.2, 0) is 0 Å². The fourth-order valence-electron chi connectivity index (χ4n) is 1.36. The molecule has 1 unspecified atom stereocenters. The molecule has 1 atom stereocenters. The third-order valence-electron chi connectivity index (χ3n) is 2.47. The molecule has 1 rings (SSSR count). The lowest BCUT2D eigenvalue weighted by molar-refractivity contribution is 0.0314. The van der Waals surface area contributed by atoms with E-state index in [1.54, 1.807) is 7.11 Å². The zero-order valence-corrected chi connectivity index (χ0v) is 10.4. The first kappa shape index (κ1) is 12.8. The molecule has 3 heteroatoms. The Hall–Kier alpha value is -1.22. The van der Waals surface area contributed by atoms with Gasteiger partial charge in [-0.3, -0.25) is 0 Å². The van der Waals surface area contributed by atoms with Crippen molar-refractivity contribution < 1.29 is 14.6 Å². The highest BCUT2D eigenvalue weighted by molar-refractivity contribution is 5.39. The zero-order valence-electron chi connectivity index (χ0n) is 10.4. The second-order valence-corrected chi connectivity index (χ2v) is 4.81. The Balaban J connectivity index is 2.86. The van der Waals surface area contributed by atoms with Crippen LogP contribution >= 0.6 is 0 Å². The van der Waals surface area contributed by atoms with Crippen molar-refractivity contribution in [3.05, 3.63) is 24.3 Å². The van der Waals surface area contributed by atoms with Gasteiger partial charge >= 0.3 is 0 Å². The molecule has 0 fully saturated rings. The molecule has 0 aromatic heterocycles. The number of aliphatic hydroxyl groups excluding tert-OH is 1. The maximum Gasteiger partial charge on any atom is 0.161 e. The highest BCUT2D eigenvalue weighted by Crippen LogP contribution is 2.31. The number of methoxy groups -OCH3 is 1. The molecule has 16 heavy (non-hydrogen) atoms. The predicted octanol–water partition coefficient (Wildman–Crippen LogP) is 2.48. The first-order valence-corrected chi connectivity index (χ1v) is 5.39. The van der Waals surface area contributed by atoms with Crippen LogP contribution in [0.25, 0.3) is 0 Å². The number of para-hydroxylation sites is 2. The minimum absolute atomic E-state index is 0.0124. The number of aliphatic hydroxyl groups is 1. The lowest BCUT2D eigenvalue weighted by atomic mass is 9.89. The summed E-state index contributed by atoms with van der Waals surface area (Å²) in [7, 11) is 1.60. The lowest BCUT2D eigenvalue weighted by Crippen LogP contribution is -2.35. The number of benzene rings is 1. The van der Waals surface area contributed by atoms with Gasteiger partial charge in [-0.1, -0.05) is 32.9 Å². The van der Waals surface area contributed by atoms with Crippen LogP contribution in [0.2, 0.25) is 0 Å². The summed E-state index contributed by atoms with van der Waals surface area (Å²) in [5.74, 6) is 1.35. The summed E-state index contributed by atoms with van der Waals surface area (Å²) < 4.78 is 11.0. The van der Waals surface area contributed by atoms with Crippen LogP contribution in [-0.4, -0.2) is 24.9 Å². The van der Waals surface area contributed by atoms with E-state index in [0.29, 0.717) is 11.5 Å². The minimum Gasteiger partial charge on any atom is -0.493 e. The minimum atomic E-state index is -0.246. The molecule has 0 spiro atoms. The molecule has 0 saturated carbocycles. The van der Waals surface area contributed by atoms with Gasteiger partial charge in [-0.2, -0.15) is 0 Å². The lowest BCUT2D eigenvalue weighted by Gasteiger charge is -2.30. The van der Waals surface area contributed by atoms with E-state index in [4.69, 9.17) is 9.47 Å². The molecule has 0 radical (unpaired) electrons. The first-order valence-electron chi connectivity index (χ1n) is 5.39. The molecule has 3 nitrogen and oxygen atoms in total. The summed E-state index contributed by atoms with van der Waals surface area (Å²) in [5.41, 5.74) is -0.115. The van der Waals surface area contributed by atoms with Crippen LogP contribution < -0.4 is 9.47 Å². The van der Waals surface area contributed by atoms with E-state index in [9.17, 15) is 5.11 Å². The maximum atomic E-state index is 9.32. The molecule has 0 aliphatic rings. The van der Waals surface area contributed by atoms with E-state index in [0.717, 1.165) is 0 Å². The Morgan fingerprint density at radius 2 is 1.75 bits per heavy atom. The second kappa shape index (κ2) is 5.21. The van der Waals surface area contributed by atoms with Crippen molar-refractivity contribution in [3.8, 4) is 11.5 Å². The maximum absolute atomic E-state index is 9.32. The van der Waals surface area contributed by atoms with Crippen LogP contribution in [0.15, 0.2) is 24.3 Å². The average Bonchev–Trinajstić information content (AvgIpc) is 2.24. The number of rotatable bonds is 4. The van der Waals surface area contributed by atoms with E-state index in [-0.39, 0.29) is 18.1 Å². The summed E-state index contributed by atoms with van der Waals surface area (Å²) in [6.07, 6.45) is -0.246. The summed E-state index contributed by atoms with van der Waals surface area (Å²) in [5, 5.41) is 9.32. The molecule has 0 aliphatic carbocycles. The largest absolute Gasteiger partial charge is 0.493 e. The van der Waals surface area contributed by atoms with Gasteiger partial charge in [0.25, 0.3) is 0 Å². The smallest absolute Gasteiger partial charge is 0.161 e. The standard InChI is InChI=1S/C13H20O3/c1-13(2,3)12(9-14)16-11-8-6-5-7-10(11)15-4/h5-8,12,14H,9H2,1-4H3. The van der Waals surface area contributed by atoms with Crippen molar-refractivity contribution in [1.82, 2.24) is 0 Å². The van der Waals surface area contributed by atoms with Crippen molar-refractivity contribution in [2.45, 2.75) is 26.9 Å². The second-order valence-electron chi connectivity index (χ2n) is 4.81. The third-order valence-corrected chi connectivity index (χ3v) is 2.47. The molecule has 0 aliphatic heterocycles. The van der Waals surface area contributed by atoms with E-state index < -0.39 is 0 Å². The van der Waals surface area contributed by atoms with Gasteiger partial charge in [0.05, 0.1) is 13.7 Å². The Morgan fingerprint density at radius 1 is 1.19 bits per heavy atom. The SMILES string of the molecule is COc1ccccc1OC(CO)C(C)(C)C. The van der Waals surface area contributed by atoms with Gasteiger partial charge in [0, 0.05) is 5.41 Å². The molecular formula is C13H20O3. The monoisotopic (exact) mass is 224 g/mol. The molecule has 0 bridgehead atoms. The number of hydrogen-bond donors (Lipinski definition) is 1. The molecule has 0 saturated heterocycles. The highest BCUT2D eigenvalue weighted by Gasteiger charge is 2.26. The zero-order chi connectivity index (χ0) is 12.2. The van der Waals surface area contributed by atoms with E-state index in [2.05, 4.69) is 0 Å². The Bertz CT molecular complexity index is 328. The quantitative estimate of drug-likeness (QED) is 0.854. The summed E-state index contributed by atoms with van der Waals surface area (Å²) in [4.78, 5) is 0. The van der Waals surface area contributed by atoms with Gasteiger partial charge in [0.15, 0.2) is 11.5 Å². The number of ether oxygens (including phenoxy) is 2. The molecule has 90 valence electrons. The molecule has 1 aromatic carbocycles. The molecule has 0 heterocycles. The van der Waals surface area contributed by atoms with Gasteiger partial charge in [-0.25, -0.2) is 0 Å². The van der Waals surface area contributed by atoms with Gasteiger partial charge in [0.2, 0.25) is 0 Å². The van der Waals surface area contributed by atoms with Gasteiger partial charge in [0.1, 0.15) is 6.10 Å². The predicted molar refractivity (Wildman–Crippen MR) is 64.0 cm³/mol. The van der Waals surface area contributed by atoms with Crippen molar-refractivity contribution in [1.29, 1.82) is 0 Å².